The molecule has 3 rings (SSSR count). The summed E-state index contributed by atoms with van der Waals surface area (Å²) in [7, 11) is 1.62. The third kappa shape index (κ3) is 6.26. The van der Waals surface area contributed by atoms with Gasteiger partial charge in [-0.25, -0.2) is 8.78 Å². The van der Waals surface area contributed by atoms with Gasteiger partial charge in [-0.2, -0.15) is 0 Å². The zero-order valence-electron chi connectivity index (χ0n) is 18.5. The predicted molar refractivity (Wildman–Crippen MR) is 134 cm³/mol. The SMILES string of the molecule is CNC(C)C(=O)Nc1c(I)cc(-c2ccc(F)cc2)n(CC(=O)NCc2ccc(F)cc2)c1=O. The molecule has 0 bridgehead atoms. The molecule has 0 radical (unpaired) electrons. The van der Waals surface area contributed by atoms with Gasteiger partial charge in [-0.15, -0.1) is 0 Å². The first-order chi connectivity index (χ1) is 16.2. The van der Waals surface area contributed by atoms with Crippen LogP contribution in [0.1, 0.15) is 12.5 Å². The van der Waals surface area contributed by atoms with Crippen molar-refractivity contribution in [3.8, 4) is 11.3 Å². The zero-order valence-corrected chi connectivity index (χ0v) is 20.7. The van der Waals surface area contributed by atoms with E-state index in [9.17, 15) is 23.2 Å². The Hall–Kier alpha value is -3.12. The topological polar surface area (TPSA) is 92.2 Å². The van der Waals surface area contributed by atoms with Crippen molar-refractivity contribution < 1.29 is 18.4 Å². The second-order valence-corrected chi connectivity index (χ2v) is 8.72. The Morgan fingerprint density at radius 3 is 2.21 bits per heavy atom. The fourth-order valence-electron chi connectivity index (χ4n) is 3.11. The van der Waals surface area contributed by atoms with Gasteiger partial charge in [0.05, 0.1) is 11.7 Å². The summed E-state index contributed by atoms with van der Waals surface area (Å²) in [6.07, 6.45) is 0. The van der Waals surface area contributed by atoms with Crippen LogP contribution < -0.4 is 21.5 Å². The van der Waals surface area contributed by atoms with Crippen LogP contribution in [-0.4, -0.2) is 29.5 Å². The van der Waals surface area contributed by atoms with E-state index in [1.807, 2.05) is 22.6 Å². The standard InChI is InChI=1S/C24H23F2IN4O3/c1-14(28-2)23(33)30-22-19(27)11-20(16-5-9-18(26)10-6-16)31(24(22)34)13-21(32)29-12-15-3-7-17(25)8-4-15/h3-11,14,28H,12-13H2,1-2H3,(H,29,32)(H,30,33). The first-order valence-corrected chi connectivity index (χ1v) is 11.5. The van der Waals surface area contributed by atoms with Gasteiger partial charge in [-0.05, 0) is 90.2 Å². The summed E-state index contributed by atoms with van der Waals surface area (Å²) in [6, 6.07) is 12.3. The van der Waals surface area contributed by atoms with E-state index in [2.05, 4.69) is 16.0 Å². The van der Waals surface area contributed by atoms with Crippen LogP contribution in [0.15, 0.2) is 59.4 Å². The number of aromatic nitrogens is 1. The maximum atomic E-state index is 13.5. The Kier molecular flexibility index (Phi) is 8.51. The molecule has 0 saturated heterocycles. The highest BCUT2D eigenvalue weighted by Gasteiger charge is 2.20. The van der Waals surface area contributed by atoms with E-state index in [0.717, 1.165) is 0 Å². The highest BCUT2D eigenvalue weighted by Crippen LogP contribution is 2.24. The van der Waals surface area contributed by atoms with E-state index in [-0.39, 0.29) is 24.6 Å². The van der Waals surface area contributed by atoms with Crippen molar-refractivity contribution in [3.05, 3.63) is 85.7 Å². The molecule has 3 aromatic rings. The Morgan fingerprint density at radius 1 is 1.03 bits per heavy atom. The average molecular weight is 580 g/mol. The zero-order chi connectivity index (χ0) is 24.8. The fraction of sp³-hybridized carbons (Fsp3) is 0.208. The van der Waals surface area contributed by atoms with Gasteiger partial charge in [-0.3, -0.25) is 19.0 Å². The number of nitrogens with zero attached hydrogens (tertiary/aromatic N) is 1. The number of amides is 2. The predicted octanol–water partition coefficient (Wildman–Crippen LogP) is 3.26. The lowest BCUT2D eigenvalue weighted by Gasteiger charge is -2.18. The molecule has 7 nitrogen and oxygen atoms in total. The van der Waals surface area contributed by atoms with Crippen molar-refractivity contribution in [1.29, 1.82) is 0 Å². The van der Waals surface area contributed by atoms with Crippen molar-refractivity contribution in [2.24, 2.45) is 0 Å². The number of benzene rings is 2. The van der Waals surface area contributed by atoms with E-state index < -0.39 is 29.2 Å². The number of nitrogens with one attached hydrogen (secondary N) is 3. The van der Waals surface area contributed by atoms with Gasteiger partial charge >= 0.3 is 0 Å². The third-order valence-electron chi connectivity index (χ3n) is 5.17. The Balaban J connectivity index is 1.95. The molecule has 1 aromatic heterocycles. The normalized spacial score (nSPS) is 11.7. The van der Waals surface area contributed by atoms with Crippen molar-refractivity contribution in [3.63, 3.8) is 0 Å². The molecule has 2 aromatic carbocycles. The first kappa shape index (κ1) is 25.5. The molecule has 0 saturated carbocycles. The molecule has 178 valence electrons. The van der Waals surface area contributed by atoms with Crippen LogP contribution in [0.5, 0.6) is 0 Å². The van der Waals surface area contributed by atoms with E-state index in [0.29, 0.717) is 20.4 Å². The van der Waals surface area contributed by atoms with Crippen LogP contribution in [-0.2, 0) is 22.7 Å². The Morgan fingerprint density at radius 2 is 1.62 bits per heavy atom. The lowest BCUT2D eigenvalue weighted by molar-refractivity contribution is -0.121. The molecule has 2 amide bonds. The summed E-state index contributed by atoms with van der Waals surface area (Å²) in [5, 5.41) is 8.13. The molecule has 1 atom stereocenters. The monoisotopic (exact) mass is 580 g/mol. The number of halogens is 3. The largest absolute Gasteiger partial charge is 0.350 e. The van der Waals surface area contributed by atoms with E-state index in [1.54, 1.807) is 32.2 Å². The van der Waals surface area contributed by atoms with Crippen LogP contribution in [0.3, 0.4) is 0 Å². The summed E-state index contributed by atoms with van der Waals surface area (Å²) < 4.78 is 28.3. The Bertz CT molecular complexity index is 1240. The lowest BCUT2D eigenvalue weighted by atomic mass is 10.1. The minimum Gasteiger partial charge on any atom is -0.350 e. The van der Waals surface area contributed by atoms with Crippen LogP contribution in [0.2, 0.25) is 0 Å². The number of carbonyl (C=O) groups excluding carboxylic acids is 2. The quantitative estimate of drug-likeness (QED) is 0.357. The van der Waals surface area contributed by atoms with E-state index >= 15 is 0 Å². The number of pyridine rings is 1. The number of anilines is 1. The fourth-order valence-corrected chi connectivity index (χ4v) is 3.77. The molecular weight excluding hydrogens is 557 g/mol. The van der Waals surface area contributed by atoms with Gasteiger partial charge in [0.2, 0.25) is 11.8 Å². The van der Waals surface area contributed by atoms with Crippen LogP contribution >= 0.6 is 22.6 Å². The average Bonchev–Trinajstić information content (AvgIpc) is 2.83. The highest BCUT2D eigenvalue weighted by molar-refractivity contribution is 14.1. The number of carbonyl (C=O) groups is 2. The lowest BCUT2D eigenvalue weighted by Crippen LogP contribution is -2.39. The van der Waals surface area contributed by atoms with Crippen LogP contribution in [0.25, 0.3) is 11.3 Å². The van der Waals surface area contributed by atoms with Crippen molar-refractivity contribution in [2.75, 3.05) is 12.4 Å². The summed E-state index contributed by atoms with van der Waals surface area (Å²) in [5.74, 6) is -1.68. The van der Waals surface area contributed by atoms with Crippen LogP contribution in [0.4, 0.5) is 14.5 Å². The molecule has 0 aliphatic carbocycles. The molecule has 0 aliphatic heterocycles. The van der Waals surface area contributed by atoms with Crippen molar-refractivity contribution in [1.82, 2.24) is 15.2 Å². The van der Waals surface area contributed by atoms with Gasteiger partial charge < -0.3 is 16.0 Å². The summed E-state index contributed by atoms with van der Waals surface area (Å²) >= 11 is 1.94. The van der Waals surface area contributed by atoms with E-state index in [4.69, 9.17) is 0 Å². The van der Waals surface area contributed by atoms with Crippen LogP contribution in [0, 0.1) is 15.2 Å². The first-order valence-electron chi connectivity index (χ1n) is 10.4. The minimum absolute atomic E-state index is 0.0462. The number of hydrogen-bond acceptors (Lipinski definition) is 4. The maximum Gasteiger partial charge on any atom is 0.276 e. The second kappa shape index (κ2) is 11.3. The number of likely N-dealkylation sites (N-methyl/N-ethyl adjacent to an activating group) is 1. The number of rotatable bonds is 8. The van der Waals surface area contributed by atoms with E-state index in [1.165, 1.54) is 41.0 Å². The molecule has 3 N–H and O–H groups in total. The summed E-state index contributed by atoms with van der Waals surface area (Å²) in [6.45, 7) is 1.46. The van der Waals surface area contributed by atoms with Crippen molar-refractivity contribution in [2.45, 2.75) is 26.1 Å². The van der Waals surface area contributed by atoms with Crippen molar-refractivity contribution >= 4 is 40.1 Å². The molecule has 10 heteroatoms. The molecule has 0 fully saturated rings. The molecular formula is C24H23F2IN4O3. The summed E-state index contributed by atoms with van der Waals surface area (Å²) in [5.41, 5.74) is 1.09. The molecule has 1 heterocycles. The molecule has 34 heavy (non-hydrogen) atoms. The smallest absolute Gasteiger partial charge is 0.276 e. The third-order valence-corrected chi connectivity index (χ3v) is 6.02. The molecule has 1 unspecified atom stereocenters. The minimum atomic E-state index is -0.570. The molecule has 0 aliphatic rings. The van der Waals surface area contributed by atoms with Gasteiger partial charge in [0, 0.05) is 10.1 Å². The molecule has 0 spiro atoms. The van der Waals surface area contributed by atoms with Gasteiger partial charge in [0.1, 0.15) is 23.9 Å². The van der Waals surface area contributed by atoms with Gasteiger partial charge in [-0.1, -0.05) is 12.1 Å². The highest BCUT2D eigenvalue weighted by atomic mass is 127. The summed E-state index contributed by atoms with van der Waals surface area (Å²) in [4.78, 5) is 38.5. The Labute approximate surface area is 208 Å². The maximum absolute atomic E-state index is 13.5. The number of hydrogen-bond donors (Lipinski definition) is 3. The van der Waals surface area contributed by atoms with Gasteiger partial charge in [0.15, 0.2) is 0 Å². The van der Waals surface area contributed by atoms with Gasteiger partial charge in [0.25, 0.3) is 5.56 Å². The second-order valence-electron chi connectivity index (χ2n) is 7.55.